The van der Waals surface area contributed by atoms with Crippen LogP contribution in [0.4, 0.5) is 5.69 Å². The summed E-state index contributed by atoms with van der Waals surface area (Å²) in [5.74, 6) is -1.51. The van der Waals surface area contributed by atoms with E-state index in [9.17, 15) is 9.90 Å². The maximum Gasteiger partial charge on any atom is 0.339 e. The molecule has 1 heterocycles. The monoisotopic (exact) mass is 293 g/mol. The summed E-state index contributed by atoms with van der Waals surface area (Å²) in [5.41, 5.74) is 2.39. The lowest BCUT2D eigenvalue weighted by atomic mass is 10.2. The number of aromatic nitrogens is 2. The number of hydrogen-bond donors (Lipinski definition) is 2. The number of aromatic hydroxyl groups is 1. The van der Waals surface area contributed by atoms with Gasteiger partial charge in [0.05, 0.1) is 29.1 Å². The Morgan fingerprint density at radius 3 is 2.64 bits per heavy atom. The first-order chi connectivity index (χ1) is 10.6. The third kappa shape index (κ3) is 2.76. The average molecular weight is 293 g/mol. The Labute approximate surface area is 125 Å². The predicted molar refractivity (Wildman–Crippen MR) is 81.9 cm³/mol. The normalized spacial score (nSPS) is 11.1. The number of fused-ring (bicyclic) bond motifs is 1. The summed E-state index contributed by atoms with van der Waals surface area (Å²) in [6.45, 7) is 0. The molecular formula is C16H11N3O3. The van der Waals surface area contributed by atoms with E-state index >= 15 is 0 Å². The van der Waals surface area contributed by atoms with Gasteiger partial charge >= 0.3 is 5.97 Å². The molecule has 0 aliphatic heterocycles. The molecule has 0 fully saturated rings. The van der Waals surface area contributed by atoms with E-state index in [1.165, 1.54) is 24.4 Å². The number of aromatic carboxylic acids is 1. The van der Waals surface area contributed by atoms with Gasteiger partial charge in [0.1, 0.15) is 17.0 Å². The Kier molecular flexibility index (Phi) is 3.49. The van der Waals surface area contributed by atoms with Gasteiger partial charge in [0.25, 0.3) is 0 Å². The van der Waals surface area contributed by atoms with Gasteiger partial charge in [0, 0.05) is 6.07 Å². The van der Waals surface area contributed by atoms with Crippen molar-refractivity contribution in [1.29, 1.82) is 0 Å². The quantitative estimate of drug-likeness (QED) is 0.724. The number of carboxylic acids is 1. The highest BCUT2D eigenvalue weighted by molar-refractivity contribution is 5.91. The van der Waals surface area contributed by atoms with Crippen LogP contribution in [0.25, 0.3) is 11.0 Å². The summed E-state index contributed by atoms with van der Waals surface area (Å²) < 4.78 is 0. The van der Waals surface area contributed by atoms with Gasteiger partial charge in [0.15, 0.2) is 0 Å². The van der Waals surface area contributed by atoms with E-state index < -0.39 is 5.97 Å². The summed E-state index contributed by atoms with van der Waals surface area (Å²) in [4.78, 5) is 23.6. The van der Waals surface area contributed by atoms with Crippen molar-refractivity contribution >= 4 is 28.9 Å². The molecule has 0 atom stereocenters. The first kappa shape index (κ1) is 13.7. The minimum Gasteiger partial charge on any atom is -0.507 e. The molecule has 0 radical (unpaired) electrons. The maximum atomic E-state index is 10.8. The molecule has 0 amide bonds. The lowest BCUT2D eigenvalue weighted by molar-refractivity contribution is 0.0694. The SMILES string of the molecule is O=C(O)c1ccc(N=Cc2cnc3ccccc3n2)cc1O. The molecule has 3 rings (SSSR count). The van der Waals surface area contributed by atoms with Crippen molar-refractivity contribution in [3.63, 3.8) is 0 Å². The first-order valence-corrected chi connectivity index (χ1v) is 6.45. The number of benzene rings is 2. The minimum atomic E-state index is -1.19. The fourth-order valence-electron chi connectivity index (χ4n) is 1.96. The van der Waals surface area contributed by atoms with E-state index in [0.717, 1.165) is 11.0 Å². The Morgan fingerprint density at radius 2 is 1.91 bits per heavy atom. The highest BCUT2D eigenvalue weighted by Gasteiger charge is 2.09. The minimum absolute atomic E-state index is 0.163. The highest BCUT2D eigenvalue weighted by Crippen LogP contribution is 2.23. The van der Waals surface area contributed by atoms with Crippen LogP contribution in [0.2, 0.25) is 0 Å². The van der Waals surface area contributed by atoms with Gasteiger partial charge in [-0.15, -0.1) is 0 Å². The molecule has 2 N–H and O–H groups in total. The summed E-state index contributed by atoms with van der Waals surface area (Å²) in [6.07, 6.45) is 3.10. The van der Waals surface area contributed by atoms with Gasteiger partial charge in [-0.25, -0.2) is 9.78 Å². The van der Waals surface area contributed by atoms with Crippen molar-refractivity contribution < 1.29 is 15.0 Å². The Morgan fingerprint density at radius 1 is 1.14 bits per heavy atom. The lowest BCUT2D eigenvalue weighted by Gasteiger charge is -2.00. The second kappa shape index (κ2) is 5.61. The summed E-state index contributed by atoms with van der Waals surface area (Å²) in [7, 11) is 0. The Bertz CT molecular complexity index is 891. The van der Waals surface area contributed by atoms with Crippen LogP contribution in [0.1, 0.15) is 16.1 Å². The molecule has 3 aromatic rings. The molecule has 2 aromatic carbocycles. The molecule has 0 aliphatic carbocycles. The van der Waals surface area contributed by atoms with Crippen LogP contribution in [0.15, 0.2) is 53.7 Å². The van der Waals surface area contributed by atoms with Crippen LogP contribution in [0, 0.1) is 0 Å². The van der Waals surface area contributed by atoms with Crippen molar-refractivity contribution in [2.45, 2.75) is 0 Å². The fourth-order valence-corrected chi connectivity index (χ4v) is 1.96. The molecule has 108 valence electrons. The zero-order valence-electron chi connectivity index (χ0n) is 11.3. The molecule has 6 heteroatoms. The summed E-state index contributed by atoms with van der Waals surface area (Å²) in [5, 5.41) is 18.5. The van der Waals surface area contributed by atoms with Crippen molar-refractivity contribution in [3.8, 4) is 5.75 Å². The number of carboxylic acid groups (broad SMARTS) is 1. The van der Waals surface area contributed by atoms with Gasteiger partial charge < -0.3 is 10.2 Å². The lowest BCUT2D eigenvalue weighted by Crippen LogP contribution is -1.95. The number of aliphatic imine (C=N–C) groups is 1. The van der Waals surface area contributed by atoms with Crippen molar-refractivity contribution in [1.82, 2.24) is 9.97 Å². The molecule has 0 spiro atoms. The van der Waals surface area contributed by atoms with Crippen molar-refractivity contribution in [2.24, 2.45) is 4.99 Å². The summed E-state index contributed by atoms with van der Waals surface area (Å²) in [6, 6.07) is 11.6. The van der Waals surface area contributed by atoms with Crippen LogP contribution in [0.5, 0.6) is 5.75 Å². The van der Waals surface area contributed by atoms with Gasteiger partial charge in [-0.2, -0.15) is 0 Å². The smallest absolute Gasteiger partial charge is 0.339 e. The molecule has 0 bridgehead atoms. The number of carbonyl (C=O) groups is 1. The van der Waals surface area contributed by atoms with E-state index in [1.807, 2.05) is 24.3 Å². The number of phenols is 1. The molecule has 22 heavy (non-hydrogen) atoms. The number of hydrogen-bond acceptors (Lipinski definition) is 5. The van der Waals surface area contributed by atoms with Gasteiger partial charge in [0.2, 0.25) is 0 Å². The van der Waals surface area contributed by atoms with Crippen molar-refractivity contribution in [2.75, 3.05) is 0 Å². The van der Waals surface area contributed by atoms with E-state index in [0.29, 0.717) is 11.4 Å². The molecule has 0 unspecified atom stereocenters. The third-order valence-corrected chi connectivity index (χ3v) is 3.02. The number of rotatable bonds is 3. The molecule has 0 saturated carbocycles. The maximum absolute atomic E-state index is 10.8. The molecule has 1 aromatic heterocycles. The first-order valence-electron chi connectivity index (χ1n) is 6.45. The zero-order chi connectivity index (χ0) is 15.5. The molecule has 0 saturated heterocycles. The summed E-state index contributed by atoms with van der Waals surface area (Å²) >= 11 is 0. The fraction of sp³-hybridized carbons (Fsp3) is 0. The molecule has 0 aliphatic rings. The zero-order valence-corrected chi connectivity index (χ0v) is 11.3. The van der Waals surface area contributed by atoms with Gasteiger partial charge in [-0.05, 0) is 24.3 Å². The van der Waals surface area contributed by atoms with E-state index in [4.69, 9.17) is 5.11 Å². The van der Waals surface area contributed by atoms with Crippen LogP contribution in [-0.4, -0.2) is 32.4 Å². The Hall–Kier alpha value is -3.28. The highest BCUT2D eigenvalue weighted by atomic mass is 16.4. The molecular weight excluding hydrogens is 282 g/mol. The molecule has 6 nitrogen and oxygen atoms in total. The van der Waals surface area contributed by atoms with Gasteiger partial charge in [-0.1, -0.05) is 12.1 Å². The standard InChI is InChI=1S/C16H11N3O3/c20-15-7-10(5-6-12(15)16(21)22)17-8-11-9-18-13-3-1-2-4-14(13)19-11/h1-9,20H,(H,21,22). The third-order valence-electron chi connectivity index (χ3n) is 3.02. The van der Waals surface area contributed by atoms with Crippen LogP contribution >= 0.6 is 0 Å². The predicted octanol–water partition coefficient (Wildman–Crippen LogP) is 2.78. The van der Waals surface area contributed by atoms with Crippen LogP contribution < -0.4 is 0 Å². The second-order valence-electron chi connectivity index (χ2n) is 4.55. The van der Waals surface area contributed by atoms with Crippen molar-refractivity contribution in [3.05, 3.63) is 59.9 Å². The van der Waals surface area contributed by atoms with Gasteiger partial charge in [-0.3, -0.25) is 9.98 Å². The van der Waals surface area contributed by atoms with Crippen LogP contribution in [-0.2, 0) is 0 Å². The number of para-hydroxylation sites is 2. The largest absolute Gasteiger partial charge is 0.507 e. The average Bonchev–Trinajstić information content (AvgIpc) is 2.52. The van der Waals surface area contributed by atoms with E-state index in [2.05, 4.69) is 15.0 Å². The topological polar surface area (TPSA) is 95.7 Å². The Balaban J connectivity index is 1.89. The number of nitrogens with zero attached hydrogens (tertiary/aromatic N) is 3. The van der Waals surface area contributed by atoms with E-state index in [-0.39, 0.29) is 11.3 Å². The van der Waals surface area contributed by atoms with E-state index in [1.54, 1.807) is 6.20 Å². The van der Waals surface area contributed by atoms with Crippen LogP contribution in [0.3, 0.4) is 0 Å². The second-order valence-corrected chi connectivity index (χ2v) is 4.55.